The molecule has 1 aromatic heterocycles. The molecular formula is C31H38N4O4S2. The summed E-state index contributed by atoms with van der Waals surface area (Å²) in [6.07, 6.45) is 8.59. The van der Waals surface area contributed by atoms with E-state index in [0.29, 0.717) is 45.8 Å². The lowest BCUT2D eigenvalue weighted by Gasteiger charge is -2.29. The Bertz CT molecular complexity index is 1440. The van der Waals surface area contributed by atoms with Gasteiger partial charge >= 0.3 is 0 Å². The maximum absolute atomic E-state index is 13.7. The van der Waals surface area contributed by atoms with Crippen LogP contribution in [0.5, 0.6) is 11.5 Å². The van der Waals surface area contributed by atoms with Gasteiger partial charge in [-0.25, -0.2) is 0 Å². The van der Waals surface area contributed by atoms with Crippen LogP contribution in [-0.4, -0.2) is 53.5 Å². The summed E-state index contributed by atoms with van der Waals surface area (Å²) in [4.78, 5) is 31.6. The van der Waals surface area contributed by atoms with Crippen molar-refractivity contribution in [3.63, 3.8) is 0 Å². The number of hydrogen-bond donors (Lipinski definition) is 0. The van der Waals surface area contributed by atoms with Crippen molar-refractivity contribution < 1.29 is 14.3 Å². The first-order valence-electron chi connectivity index (χ1n) is 14.2. The zero-order valence-electron chi connectivity index (χ0n) is 24.3. The van der Waals surface area contributed by atoms with Gasteiger partial charge in [0, 0.05) is 31.7 Å². The van der Waals surface area contributed by atoms with Crippen molar-refractivity contribution in [2.24, 2.45) is 0 Å². The molecule has 0 unspecified atom stereocenters. The third-order valence-corrected chi connectivity index (χ3v) is 9.09. The number of rotatable bonds is 10. The lowest BCUT2D eigenvalue weighted by molar-refractivity contribution is -0.122. The Morgan fingerprint density at radius 3 is 2.41 bits per heavy atom. The highest BCUT2D eigenvalue weighted by molar-refractivity contribution is 8.26. The maximum atomic E-state index is 13.7. The summed E-state index contributed by atoms with van der Waals surface area (Å²) in [5, 5.41) is 9.95. The molecule has 0 saturated carbocycles. The molecule has 2 saturated heterocycles. The molecule has 0 bridgehead atoms. The molecule has 0 radical (unpaired) electrons. The molecule has 10 heteroatoms. The number of unbranched alkanes of at least 4 members (excludes halogenated alkanes) is 1. The second-order valence-electron chi connectivity index (χ2n) is 10.3. The third-order valence-electron chi connectivity index (χ3n) is 7.71. The number of benzene rings is 1. The van der Waals surface area contributed by atoms with Crippen LogP contribution in [0.2, 0.25) is 0 Å². The van der Waals surface area contributed by atoms with Crippen LogP contribution in [0.4, 0.5) is 5.82 Å². The summed E-state index contributed by atoms with van der Waals surface area (Å²) in [7, 11) is 3.19. The third kappa shape index (κ3) is 6.62. The zero-order chi connectivity index (χ0) is 29.5. The average molecular weight is 595 g/mol. The molecule has 2 aromatic rings. The molecule has 2 aliphatic heterocycles. The van der Waals surface area contributed by atoms with E-state index in [1.807, 2.05) is 31.2 Å². The number of anilines is 1. The highest BCUT2D eigenvalue weighted by Gasteiger charge is 2.33. The lowest BCUT2D eigenvalue weighted by Crippen LogP contribution is -2.35. The molecule has 1 aromatic carbocycles. The summed E-state index contributed by atoms with van der Waals surface area (Å²) in [6, 6.07) is 7.86. The van der Waals surface area contributed by atoms with Crippen LogP contribution in [-0.2, 0) is 17.8 Å². The molecule has 0 spiro atoms. The summed E-state index contributed by atoms with van der Waals surface area (Å²) in [5.41, 5.74) is 2.26. The van der Waals surface area contributed by atoms with Crippen LogP contribution < -0.4 is 19.9 Å². The number of nitriles is 1. The van der Waals surface area contributed by atoms with Gasteiger partial charge in [0.1, 0.15) is 21.8 Å². The molecule has 218 valence electrons. The van der Waals surface area contributed by atoms with Crippen molar-refractivity contribution in [3.05, 3.63) is 55.7 Å². The molecule has 4 rings (SSSR count). The molecule has 1 amide bonds. The van der Waals surface area contributed by atoms with Crippen molar-refractivity contribution in [2.75, 3.05) is 38.8 Å². The van der Waals surface area contributed by atoms with Gasteiger partial charge in [-0.05, 0) is 61.9 Å². The van der Waals surface area contributed by atoms with Crippen molar-refractivity contribution in [3.8, 4) is 17.6 Å². The Hall–Kier alpha value is -3.29. The van der Waals surface area contributed by atoms with E-state index in [1.165, 1.54) is 11.8 Å². The monoisotopic (exact) mass is 594 g/mol. The van der Waals surface area contributed by atoms with E-state index in [2.05, 4.69) is 17.9 Å². The van der Waals surface area contributed by atoms with Gasteiger partial charge in [-0.2, -0.15) is 5.26 Å². The number of hydrogen-bond acceptors (Lipinski definition) is 8. The second-order valence-corrected chi connectivity index (χ2v) is 12.0. The van der Waals surface area contributed by atoms with E-state index in [4.69, 9.17) is 21.7 Å². The SMILES string of the molecule is CCCCn1c(N2CCCCCC2)c(/C=C2\SC(=S)N(CCc3ccc(OC)c(OC)c3)C2=O)c(C)c(C#N)c1=O. The first kappa shape index (κ1) is 30.7. The fraction of sp³-hybridized carbons (Fsp3) is 0.484. The number of nitrogens with zero attached hydrogens (tertiary/aromatic N) is 4. The van der Waals surface area contributed by atoms with Crippen LogP contribution >= 0.6 is 24.0 Å². The van der Waals surface area contributed by atoms with E-state index < -0.39 is 0 Å². The quantitative estimate of drug-likeness (QED) is 0.257. The Kier molecular flexibility index (Phi) is 10.5. The number of pyridine rings is 1. The number of aromatic nitrogens is 1. The van der Waals surface area contributed by atoms with Gasteiger partial charge in [0.15, 0.2) is 11.5 Å². The van der Waals surface area contributed by atoms with Gasteiger partial charge in [-0.3, -0.25) is 19.1 Å². The van der Waals surface area contributed by atoms with Crippen LogP contribution in [0.25, 0.3) is 6.08 Å². The minimum atomic E-state index is -0.252. The molecule has 8 nitrogen and oxygen atoms in total. The standard InChI is InChI=1S/C31H38N4O4S2/c1-5-6-16-34-28(33-14-9-7-8-10-15-33)23(21(2)24(20-32)29(34)36)19-27-30(37)35(31(40)41-27)17-13-22-11-12-25(38-3)26(18-22)39-4/h11-12,18-19H,5-10,13-17H2,1-4H3/b27-19-. The second kappa shape index (κ2) is 14.1. The molecule has 3 heterocycles. The Morgan fingerprint density at radius 2 is 1.78 bits per heavy atom. The number of carbonyl (C=O) groups is 1. The fourth-order valence-corrected chi connectivity index (χ4v) is 6.68. The van der Waals surface area contributed by atoms with E-state index in [-0.39, 0.29) is 17.0 Å². The topological polar surface area (TPSA) is 87.8 Å². The molecule has 41 heavy (non-hydrogen) atoms. The fourth-order valence-electron chi connectivity index (χ4n) is 5.39. The Labute approximate surface area is 251 Å². The van der Waals surface area contributed by atoms with E-state index in [1.54, 1.807) is 23.7 Å². The van der Waals surface area contributed by atoms with Crippen LogP contribution in [0, 0.1) is 18.3 Å². The van der Waals surface area contributed by atoms with Gasteiger partial charge in [-0.15, -0.1) is 0 Å². The smallest absolute Gasteiger partial charge is 0.270 e. The normalized spacial score (nSPS) is 16.7. The lowest BCUT2D eigenvalue weighted by atomic mass is 10.0. The number of amides is 1. The van der Waals surface area contributed by atoms with Gasteiger partial charge in [-0.1, -0.05) is 56.2 Å². The largest absolute Gasteiger partial charge is 0.493 e. The number of thioether (sulfide) groups is 1. The van der Waals surface area contributed by atoms with E-state index in [0.717, 1.165) is 68.6 Å². The number of methoxy groups -OCH3 is 2. The Balaban J connectivity index is 1.71. The van der Waals surface area contributed by atoms with Crippen LogP contribution in [0.3, 0.4) is 0 Å². The first-order chi connectivity index (χ1) is 19.8. The zero-order valence-corrected chi connectivity index (χ0v) is 26.0. The number of thiocarbonyl (C=S) groups is 1. The number of ether oxygens (including phenoxy) is 2. The van der Waals surface area contributed by atoms with Crippen LogP contribution in [0.15, 0.2) is 27.9 Å². The van der Waals surface area contributed by atoms with E-state index >= 15 is 0 Å². The number of carbonyl (C=O) groups excluding carboxylic acids is 1. The predicted molar refractivity (Wildman–Crippen MR) is 169 cm³/mol. The van der Waals surface area contributed by atoms with E-state index in [9.17, 15) is 14.9 Å². The highest BCUT2D eigenvalue weighted by Crippen LogP contribution is 2.37. The molecule has 2 aliphatic rings. The van der Waals surface area contributed by atoms with Crippen molar-refractivity contribution in [2.45, 2.75) is 65.3 Å². The van der Waals surface area contributed by atoms with Gasteiger partial charge in [0.2, 0.25) is 0 Å². The van der Waals surface area contributed by atoms with Crippen LogP contribution in [0.1, 0.15) is 67.7 Å². The summed E-state index contributed by atoms with van der Waals surface area (Å²) in [6.45, 7) is 6.53. The molecule has 2 fully saturated rings. The van der Waals surface area contributed by atoms with Crippen molar-refractivity contribution >= 4 is 46.1 Å². The maximum Gasteiger partial charge on any atom is 0.270 e. The average Bonchev–Trinajstić information content (AvgIpc) is 3.13. The molecular weight excluding hydrogens is 556 g/mol. The highest BCUT2D eigenvalue weighted by atomic mass is 32.2. The molecule has 0 N–H and O–H groups in total. The molecule has 0 aliphatic carbocycles. The minimum absolute atomic E-state index is 0.134. The Morgan fingerprint density at radius 1 is 1.07 bits per heavy atom. The van der Waals surface area contributed by atoms with Crippen molar-refractivity contribution in [1.29, 1.82) is 5.26 Å². The molecule has 0 atom stereocenters. The summed E-state index contributed by atoms with van der Waals surface area (Å²) < 4.78 is 13.0. The summed E-state index contributed by atoms with van der Waals surface area (Å²) >= 11 is 6.91. The predicted octanol–water partition coefficient (Wildman–Crippen LogP) is 5.67. The van der Waals surface area contributed by atoms with Gasteiger partial charge < -0.3 is 14.4 Å². The van der Waals surface area contributed by atoms with Gasteiger partial charge in [0.05, 0.1) is 19.1 Å². The minimum Gasteiger partial charge on any atom is -0.493 e. The first-order valence-corrected chi connectivity index (χ1v) is 15.5. The van der Waals surface area contributed by atoms with Gasteiger partial charge in [0.25, 0.3) is 11.5 Å². The van der Waals surface area contributed by atoms with Crippen molar-refractivity contribution in [1.82, 2.24) is 9.47 Å². The summed E-state index contributed by atoms with van der Waals surface area (Å²) in [5.74, 6) is 1.94.